The first-order chi connectivity index (χ1) is 14.8. The molecule has 0 aliphatic carbocycles. The molecule has 8 nitrogen and oxygen atoms in total. The van der Waals surface area contributed by atoms with Gasteiger partial charge in [-0.3, -0.25) is 4.79 Å². The van der Waals surface area contributed by atoms with Gasteiger partial charge in [-0.25, -0.2) is 13.1 Å². The zero-order chi connectivity index (χ0) is 22.0. The normalized spacial score (nSPS) is 16.7. The van der Waals surface area contributed by atoms with Crippen LogP contribution in [0.25, 0.3) is 0 Å². The molecular formula is C22H28ClN3O5S. The molecule has 1 amide bonds. The molecule has 4 rings (SSSR count). The zero-order valence-electron chi connectivity index (χ0n) is 18.1. The van der Waals surface area contributed by atoms with Crippen molar-refractivity contribution in [3.8, 4) is 11.5 Å². The summed E-state index contributed by atoms with van der Waals surface area (Å²) in [5, 5.41) is 0. The van der Waals surface area contributed by atoms with Crippen LogP contribution in [0, 0.1) is 0 Å². The smallest absolute Gasteiger partial charge is 0.240 e. The molecule has 10 heteroatoms. The van der Waals surface area contributed by atoms with Gasteiger partial charge < -0.3 is 19.3 Å². The van der Waals surface area contributed by atoms with Gasteiger partial charge in [0.1, 0.15) is 0 Å². The molecule has 1 atom stereocenters. The van der Waals surface area contributed by atoms with Crippen molar-refractivity contribution < 1.29 is 22.7 Å². The summed E-state index contributed by atoms with van der Waals surface area (Å²) in [7, 11) is 0.0882. The molecule has 0 radical (unpaired) electrons. The summed E-state index contributed by atoms with van der Waals surface area (Å²) in [6.07, 6.45) is 2.40. The van der Waals surface area contributed by atoms with Gasteiger partial charge >= 0.3 is 0 Å². The van der Waals surface area contributed by atoms with Crippen molar-refractivity contribution in [2.45, 2.75) is 30.2 Å². The number of nitrogens with one attached hydrogen (secondary N) is 1. The molecular weight excluding hydrogens is 454 g/mol. The number of ether oxygens (including phenoxy) is 2. The van der Waals surface area contributed by atoms with Crippen LogP contribution in [0.3, 0.4) is 0 Å². The second-order valence-electron chi connectivity index (χ2n) is 7.94. The molecule has 1 unspecified atom stereocenters. The Morgan fingerprint density at radius 1 is 1.06 bits per heavy atom. The number of amides is 1. The maximum atomic E-state index is 12.9. The lowest BCUT2D eigenvalue weighted by atomic mass is 10.1. The van der Waals surface area contributed by atoms with E-state index in [0.29, 0.717) is 24.5 Å². The summed E-state index contributed by atoms with van der Waals surface area (Å²) in [6, 6.07) is 11.9. The van der Waals surface area contributed by atoms with Crippen LogP contribution in [-0.4, -0.2) is 53.2 Å². The van der Waals surface area contributed by atoms with Crippen molar-refractivity contribution in [1.29, 1.82) is 0 Å². The molecule has 0 bridgehead atoms. The van der Waals surface area contributed by atoms with E-state index in [-0.39, 0.29) is 42.6 Å². The van der Waals surface area contributed by atoms with Crippen molar-refractivity contribution in [2.24, 2.45) is 0 Å². The lowest BCUT2D eigenvalue weighted by molar-refractivity contribution is -0.119. The third-order valence-electron chi connectivity index (χ3n) is 5.65. The minimum atomic E-state index is -3.71. The van der Waals surface area contributed by atoms with E-state index in [4.69, 9.17) is 9.47 Å². The lowest BCUT2D eigenvalue weighted by Crippen LogP contribution is -2.35. The molecule has 174 valence electrons. The van der Waals surface area contributed by atoms with Crippen molar-refractivity contribution in [3.63, 3.8) is 0 Å². The van der Waals surface area contributed by atoms with Gasteiger partial charge in [0, 0.05) is 31.2 Å². The summed E-state index contributed by atoms with van der Waals surface area (Å²) >= 11 is 0. The number of halogens is 1. The fourth-order valence-electron chi connectivity index (χ4n) is 3.88. The highest BCUT2D eigenvalue weighted by Gasteiger charge is 2.24. The highest BCUT2D eigenvalue weighted by molar-refractivity contribution is 7.89. The molecule has 0 saturated carbocycles. The maximum Gasteiger partial charge on any atom is 0.240 e. The number of nitrogens with zero attached hydrogens (tertiary/aromatic N) is 2. The predicted octanol–water partition coefficient (Wildman–Crippen LogP) is 2.94. The summed E-state index contributed by atoms with van der Waals surface area (Å²) < 4.78 is 39.3. The number of benzene rings is 2. The molecule has 1 saturated heterocycles. The number of piperidine rings is 1. The van der Waals surface area contributed by atoms with Gasteiger partial charge in [0.05, 0.1) is 4.90 Å². The number of hydrogen-bond acceptors (Lipinski definition) is 6. The van der Waals surface area contributed by atoms with Gasteiger partial charge in [-0.05, 0) is 68.9 Å². The van der Waals surface area contributed by atoms with Gasteiger partial charge in [-0.1, -0.05) is 6.07 Å². The van der Waals surface area contributed by atoms with E-state index >= 15 is 0 Å². The Bertz CT molecular complexity index is 1060. The maximum absolute atomic E-state index is 12.9. The van der Waals surface area contributed by atoms with E-state index < -0.39 is 10.0 Å². The van der Waals surface area contributed by atoms with Crippen LogP contribution in [-0.2, 0) is 14.8 Å². The fourth-order valence-corrected chi connectivity index (χ4v) is 4.91. The van der Waals surface area contributed by atoms with Crippen molar-refractivity contribution in [2.75, 3.05) is 38.9 Å². The molecule has 2 aliphatic heterocycles. The lowest BCUT2D eigenvalue weighted by Gasteiger charge is -2.27. The van der Waals surface area contributed by atoms with Gasteiger partial charge in [-0.2, -0.15) is 0 Å². The van der Waals surface area contributed by atoms with Crippen LogP contribution in [0.15, 0.2) is 47.4 Å². The van der Waals surface area contributed by atoms with Gasteiger partial charge in [0.2, 0.25) is 22.7 Å². The Kier molecular flexibility index (Phi) is 7.66. The number of carbonyl (C=O) groups excluding carboxylic acids is 1. The van der Waals surface area contributed by atoms with Gasteiger partial charge in [-0.15, -0.1) is 12.4 Å². The SMILES string of the molecule is CN(C)C(CNS(=O)(=O)c1ccc(N2CCCCC2=O)cc1)c1ccc2c(c1)OCO2.Cl. The molecule has 0 spiro atoms. The number of sulfonamides is 1. The Morgan fingerprint density at radius 3 is 2.47 bits per heavy atom. The Hall–Kier alpha value is -2.33. The van der Waals surface area contributed by atoms with Crippen LogP contribution in [0.2, 0.25) is 0 Å². The molecule has 0 aromatic heterocycles. The topological polar surface area (TPSA) is 88.2 Å². The minimum Gasteiger partial charge on any atom is -0.454 e. The highest BCUT2D eigenvalue weighted by atomic mass is 35.5. The second kappa shape index (κ2) is 10.1. The first-order valence-electron chi connectivity index (χ1n) is 10.3. The summed E-state index contributed by atoms with van der Waals surface area (Å²) in [5.41, 5.74) is 1.66. The number of likely N-dealkylation sites (N-methyl/N-ethyl adjacent to an activating group) is 1. The molecule has 2 aliphatic rings. The zero-order valence-corrected chi connectivity index (χ0v) is 19.7. The summed E-state index contributed by atoms with van der Waals surface area (Å²) in [5.74, 6) is 1.43. The van der Waals surface area contributed by atoms with E-state index in [1.807, 2.05) is 37.2 Å². The van der Waals surface area contributed by atoms with E-state index in [1.54, 1.807) is 29.2 Å². The van der Waals surface area contributed by atoms with E-state index in [2.05, 4.69) is 4.72 Å². The van der Waals surface area contributed by atoms with E-state index in [1.165, 1.54) is 0 Å². The number of carbonyl (C=O) groups is 1. The molecule has 32 heavy (non-hydrogen) atoms. The monoisotopic (exact) mass is 481 g/mol. The van der Waals surface area contributed by atoms with Crippen molar-refractivity contribution in [1.82, 2.24) is 9.62 Å². The molecule has 2 aromatic rings. The predicted molar refractivity (Wildman–Crippen MR) is 124 cm³/mol. The van der Waals surface area contributed by atoms with Crippen LogP contribution in [0.4, 0.5) is 5.69 Å². The quantitative estimate of drug-likeness (QED) is 0.654. The van der Waals surface area contributed by atoms with E-state index in [0.717, 1.165) is 24.1 Å². The summed E-state index contributed by atoms with van der Waals surface area (Å²) in [6.45, 7) is 1.06. The minimum absolute atomic E-state index is 0. The third-order valence-corrected chi connectivity index (χ3v) is 7.09. The number of hydrogen-bond donors (Lipinski definition) is 1. The fraction of sp³-hybridized carbons (Fsp3) is 0.409. The van der Waals surface area contributed by atoms with Gasteiger partial charge in [0.15, 0.2) is 11.5 Å². The van der Waals surface area contributed by atoms with E-state index in [9.17, 15) is 13.2 Å². The van der Waals surface area contributed by atoms with Crippen molar-refractivity contribution >= 4 is 34.0 Å². The standard InChI is InChI=1S/C22H27N3O5S.ClH/c1-24(2)19(16-6-11-20-21(13-16)30-15-29-20)14-23-31(27,28)18-9-7-17(8-10-18)25-12-4-3-5-22(25)26;/h6-11,13,19,23H,3-5,12,14-15H2,1-2H3;1H. The van der Waals surface area contributed by atoms with Crippen LogP contribution >= 0.6 is 12.4 Å². The average molecular weight is 482 g/mol. The number of rotatable bonds is 7. The largest absolute Gasteiger partial charge is 0.454 e. The van der Waals surface area contributed by atoms with Crippen LogP contribution < -0.4 is 19.1 Å². The van der Waals surface area contributed by atoms with Gasteiger partial charge in [0.25, 0.3) is 0 Å². The Balaban J connectivity index is 0.00000289. The Labute approximate surface area is 194 Å². The average Bonchev–Trinajstić information content (AvgIpc) is 3.22. The number of anilines is 1. The third kappa shape index (κ3) is 5.17. The Morgan fingerprint density at radius 2 is 1.78 bits per heavy atom. The molecule has 2 aromatic carbocycles. The second-order valence-corrected chi connectivity index (χ2v) is 9.71. The molecule has 2 heterocycles. The summed E-state index contributed by atoms with van der Waals surface area (Å²) in [4.78, 5) is 15.9. The highest BCUT2D eigenvalue weighted by Crippen LogP contribution is 2.35. The first kappa shape index (κ1) is 24.3. The molecule has 1 fully saturated rings. The van der Waals surface area contributed by atoms with Crippen LogP contribution in [0.5, 0.6) is 11.5 Å². The number of fused-ring (bicyclic) bond motifs is 1. The van der Waals surface area contributed by atoms with Crippen molar-refractivity contribution in [3.05, 3.63) is 48.0 Å². The van der Waals surface area contributed by atoms with Crippen LogP contribution in [0.1, 0.15) is 30.9 Å². The first-order valence-corrected chi connectivity index (χ1v) is 11.8. The molecule has 1 N–H and O–H groups in total.